The number of aromatic nitrogens is 3. The van der Waals surface area contributed by atoms with E-state index in [0.717, 1.165) is 11.5 Å². The van der Waals surface area contributed by atoms with Gasteiger partial charge in [0.15, 0.2) is 5.82 Å². The second-order valence-electron chi connectivity index (χ2n) is 5.22. The second-order valence-corrected chi connectivity index (χ2v) is 5.22. The molecule has 0 saturated heterocycles. The van der Waals surface area contributed by atoms with Crippen LogP contribution in [-0.2, 0) is 0 Å². The quantitative estimate of drug-likeness (QED) is 0.600. The monoisotopic (exact) mass is 355 g/mol. The van der Waals surface area contributed by atoms with Crippen molar-refractivity contribution in [2.24, 2.45) is 0 Å². The van der Waals surface area contributed by atoms with Gasteiger partial charge in [0, 0.05) is 0 Å². The van der Waals surface area contributed by atoms with Crippen molar-refractivity contribution >= 4 is 17.5 Å². The lowest BCUT2D eigenvalue weighted by atomic mass is 10.3. The highest BCUT2D eigenvalue weighted by Crippen LogP contribution is 2.18. The lowest BCUT2D eigenvalue weighted by Gasteiger charge is -2.09. The predicted octanol–water partition coefficient (Wildman–Crippen LogP) is 3.25. The summed E-state index contributed by atoms with van der Waals surface area (Å²) in [6.07, 6.45) is 1.49. The first-order chi connectivity index (χ1) is 12.7. The van der Waals surface area contributed by atoms with Crippen LogP contribution in [0.3, 0.4) is 0 Å². The van der Waals surface area contributed by atoms with Crippen LogP contribution in [0.15, 0.2) is 54.7 Å². The zero-order valence-corrected chi connectivity index (χ0v) is 14.1. The van der Waals surface area contributed by atoms with E-state index in [1.807, 2.05) is 24.3 Å². The van der Waals surface area contributed by atoms with E-state index in [2.05, 4.69) is 25.8 Å². The number of nitrogens with zero attached hydrogens (tertiary/aromatic N) is 3. The Morgan fingerprint density at radius 2 is 1.81 bits per heavy atom. The van der Waals surface area contributed by atoms with E-state index in [1.165, 1.54) is 12.3 Å². The van der Waals surface area contributed by atoms with E-state index in [0.29, 0.717) is 19.0 Å². The van der Waals surface area contributed by atoms with Crippen molar-refractivity contribution < 1.29 is 13.9 Å². The van der Waals surface area contributed by atoms with Crippen LogP contribution in [0.25, 0.3) is 0 Å². The van der Waals surface area contributed by atoms with Gasteiger partial charge in [0.05, 0.1) is 25.5 Å². The molecule has 0 unspecified atom stereocenters. The van der Waals surface area contributed by atoms with Gasteiger partial charge >= 0.3 is 0 Å². The highest BCUT2D eigenvalue weighted by molar-refractivity contribution is 5.54. The van der Waals surface area contributed by atoms with E-state index >= 15 is 0 Å². The van der Waals surface area contributed by atoms with Crippen LogP contribution in [0.5, 0.6) is 11.5 Å². The molecule has 0 spiro atoms. The summed E-state index contributed by atoms with van der Waals surface area (Å²) in [6.45, 7) is 0.955. The number of anilines is 3. The molecule has 7 nitrogen and oxygen atoms in total. The molecule has 3 rings (SSSR count). The molecule has 8 heteroatoms. The third kappa shape index (κ3) is 4.79. The predicted molar refractivity (Wildman–Crippen MR) is 96.5 cm³/mol. The molecular formula is C18H18FN5O2. The minimum atomic E-state index is -0.387. The van der Waals surface area contributed by atoms with Crippen LogP contribution < -0.4 is 20.1 Å². The Morgan fingerprint density at radius 3 is 2.58 bits per heavy atom. The van der Waals surface area contributed by atoms with Gasteiger partial charge in [-0.3, -0.25) is 0 Å². The molecular weight excluding hydrogens is 337 g/mol. The summed E-state index contributed by atoms with van der Waals surface area (Å²) in [4.78, 5) is 4.24. The molecule has 26 heavy (non-hydrogen) atoms. The second kappa shape index (κ2) is 8.61. The third-order valence-electron chi connectivity index (χ3n) is 3.42. The molecule has 2 aromatic carbocycles. The summed E-state index contributed by atoms with van der Waals surface area (Å²) < 4.78 is 24.4. The zero-order chi connectivity index (χ0) is 18.2. The van der Waals surface area contributed by atoms with Crippen molar-refractivity contribution in [2.75, 3.05) is 30.9 Å². The molecule has 0 aliphatic carbocycles. The Kier molecular flexibility index (Phi) is 5.76. The van der Waals surface area contributed by atoms with Crippen LogP contribution in [0.1, 0.15) is 0 Å². The smallest absolute Gasteiger partial charge is 0.249 e. The van der Waals surface area contributed by atoms with Gasteiger partial charge in [-0.25, -0.2) is 4.39 Å². The Labute approximate surface area is 150 Å². The third-order valence-corrected chi connectivity index (χ3v) is 3.42. The fourth-order valence-corrected chi connectivity index (χ4v) is 2.14. The lowest BCUT2D eigenvalue weighted by Crippen LogP contribution is -2.13. The molecule has 1 aromatic heterocycles. The Balaban J connectivity index is 1.50. The van der Waals surface area contributed by atoms with Crippen molar-refractivity contribution in [3.05, 3.63) is 60.5 Å². The fraction of sp³-hybridized carbons (Fsp3) is 0.167. The molecule has 134 valence electrons. The molecule has 0 fully saturated rings. The van der Waals surface area contributed by atoms with Gasteiger partial charge in [-0.05, 0) is 36.4 Å². The van der Waals surface area contributed by atoms with Crippen molar-refractivity contribution in [1.82, 2.24) is 15.2 Å². The molecule has 1 heterocycles. The molecule has 3 aromatic rings. The van der Waals surface area contributed by atoms with Gasteiger partial charge in [-0.1, -0.05) is 12.1 Å². The SMILES string of the molecule is COc1ccc(OCCNc2cnnc(Nc3ccccc3F)n2)cc1. The molecule has 0 atom stereocenters. The largest absolute Gasteiger partial charge is 0.497 e. The highest BCUT2D eigenvalue weighted by Gasteiger charge is 2.05. The molecule has 0 amide bonds. The van der Waals surface area contributed by atoms with E-state index < -0.39 is 0 Å². The Morgan fingerprint density at radius 1 is 1.04 bits per heavy atom. The fourth-order valence-electron chi connectivity index (χ4n) is 2.14. The number of hydrogen-bond acceptors (Lipinski definition) is 7. The number of nitrogens with one attached hydrogen (secondary N) is 2. The van der Waals surface area contributed by atoms with Crippen LogP contribution in [-0.4, -0.2) is 35.4 Å². The number of para-hydroxylation sites is 1. The molecule has 2 N–H and O–H groups in total. The summed E-state index contributed by atoms with van der Waals surface area (Å²) in [5, 5.41) is 13.6. The minimum Gasteiger partial charge on any atom is -0.497 e. The van der Waals surface area contributed by atoms with Crippen LogP contribution in [0.4, 0.5) is 21.8 Å². The number of ether oxygens (including phenoxy) is 2. The van der Waals surface area contributed by atoms with Gasteiger partial charge in [0.2, 0.25) is 5.95 Å². The zero-order valence-electron chi connectivity index (χ0n) is 14.1. The Hall–Kier alpha value is -3.42. The molecule has 0 bridgehead atoms. The average Bonchev–Trinajstić information content (AvgIpc) is 2.68. The van der Waals surface area contributed by atoms with Crippen LogP contribution in [0, 0.1) is 5.82 Å². The topological polar surface area (TPSA) is 81.2 Å². The van der Waals surface area contributed by atoms with E-state index in [4.69, 9.17) is 9.47 Å². The van der Waals surface area contributed by atoms with Crippen LogP contribution in [0.2, 0.25) is 0 Å². The maximum Gasteiger partial charge on any atom is 0.249 e. The van der Waals surface area contributed by atoms with Gasteiger partial charge in [0.25, 0.3) is 0 Å². The maximum atomic E-state index is 13.7. The number of methoxy groups -OCH3 is 1. The number of benzene rings is 2. The summed E-state index contributed by atoms with van der Waals surface area (Å²) in [5.74, 6) is 1.85. The van der Waals surface area contributed by atoms with E-state index in [-0.39, 0.29) is 17.5 Å². The highest BCUT2D eigenvalue weighted by atomic mass is 19.1. The maximum absolute atomic E-state index is 13.7. The summed E-state index contributed by atoms with van der Waals surface area (Å²) in [7, 11) is 1.62. The van der Waals surface area contributed by atoms with Gasteiger partial charge in [-0.2, -0.15) is 10.1 Å². The summed E-state index contributed by atoms with van der Waals surface area (Å²) >= 11 is 0. The van der Waals surface area contributed by atoms with Crippen molar-refractivity contribution in [3.63, 3.8) is 0 Å². The normalized spacial score (nSPS) is 10.2. The van der Waals surface area contributed by atoms with Crippen molar-refractivity contribution in [2.45, 2.75) is 0 Å². The molecule has 0 aliphatic heterocycles. The van der Waals surface area contributed by atoms with Crippen LogP contribution >= 0.6 is 0 Å². The standard InChI is InChI=1S/C18H18FN5O2/c1-25-13-6-8-14(9-7-13)26-11-10-20-17-12-21-24-18(23-17)22-16-5-3-2-4-15(16)19/h2-9,12H,10-11H2,1H3,(H2,20,22,23,24). The molecule has 0 aliphatic rings. The number of hydrogen-bond donors (Lipinski definition) is 2. The lowest BCUT2D eigenvalue weighted by molar-refractivity contribution is 0.331. The number of rotatable bonds is 8. The van der Waals surface area contributed by atoms with Crippen molar-refractivity contribution in [3.8, 4) is 11.5 Å². The molecule has 0 radical (unpaired) electrons. The first-order valence-corrected chi connectivity index (χ1v) is 7.96. The molecule has 0 saturated carbocycles. The first-order valence-electron chi connectivity index (χ1n) is 7.96. The van der Waals surface area contributed by atoms with Gasteiger partial charge in [-0.15, -0.1) is 5.10 Å². The average molecular weight is 355 g/mol. The van der Waals surface area contributed by atoms with Crippen molar-refractivity contribution in [1.29, 1.82) is 0 Å². The van der Waals surface area contributed by atoms with E-state index in [9.17, 15) is 4.39 Å². The number of halogens is 1. The summed E-state index contributed by atoms with van der Waals surface area (Å²) in [5.41, 5.74) is 0.286. The first kappa shape index (κ1) is 17.4. The van der Waals surface area contributed by atoms with Gasteiger partial charge < -0.3 is 20.1 Å². The minimum absolute atomic E-state index is 0.205. The summed E-state index contributed by atoms with van der Waals surface area (Å²) in [6, 6.07) is 13.6. The van der Waals surface area contributed by atoms with Gasteiger partial charge in [0.1, 0.15) is 23.9 Å². The Bertz CT molecular complexity index is 845. The van der Waals surface area contributed by atoms with E-state index in [1.54, 1.807) is 25.3 Å².